The van der Waals surface area contributed by atoms with Crippen molar-refractivity contribution in [1.82, 2.24) is 4.98 Å². The van der Waals surface area contributed by atoms with Crippen molar-refractivity contribution in [3.63, 3.8) is 0 Å². The first-order valence-electron chi connectivity index (χ1n) is 7.27. The Morgan fingerprint density at radius 2 is 1.64 bits per heavy atom. The summed E-state index contributed by atoms with van der Waals surface area (Å²) in [6.07, 6.45) is 0. The number of pyridine rings is 1. The average Bonchev–Trinajstić information content (AvgIpc) is 2.46. The summed E-state index contributed by atoms with van der Waals surface area (Å²) in [4.78, 5) is 4.66. The van der Waals surface area contributed by atoms with Crippen LogP contribution in [0.5, 0.6) is 5.75 Å². The number of aromatic nitrogens is 1. The zero-order valence-corrected chi connectivity index (χ0v) is 12.9. The lowest BCUT2D eigenvalue weighted by Gasteiger charge is -2.23. The second-order valence-electron chi connectivity index (χ2n) is 6.24. The molecule has 1 heterocycles. The summed E-state index contributed by atoms with van der Waals surface area (Å²) >= 11 is 0. The smallest absolute Gasteiger partial charge is 0.131 e. The van der Waals surface area contributed by atoms with Gasteiger partial charge in [-0.05, 0) is 57.2 Å². The number of hydrogen-bond acceptors (Lipinski definition) is 2. The van der Waals surface area contributed by atoms with Gasteiger partial charge in [0.25, 0.3) is 0 Å². The third-order valence-corrected chi connectivity index (χ3v) is 3.23. The van der Waals surface area contributed by atoms with Crippen LogP contribution in [0.1, 0.15) is 20.8 Å². The highest BCUT2D eigenvalue weighted by Crippen LogP contribution is 2.32. The Labute approximate surface area is 129 Å². The summed E-state index contributed by atoms with van der Waals surface area (Å²) in [6.45, 7) is 6.04. The Bertz CT molecular complexity index is 804. The van der Waals surface area contributed by atoms with Crippen molar-refractivity contribution in [2.45, 2.75) is 26.4 Å². The van der Waals surface area contributed by atoms with Crippen molar-refractivity contribution >= 4 is 10.9 Å². The summed E-state index contributed by atoms with van der Waals surface area (Å²) in [6, 6.07) is 16.1. The number of para-hydroxylation sites is 1. The number of hydrogen-bond donors (Lipinski definition) is 0. The maximum Gasteiger partial charge on any atom is 0.131 e. The maximum absolute atomic E-state index is 13.1. The number of halogens is 1. The molecule has 0 saturated heterocycles. The minimum absolute atomic E-state index is 0.254. The van der Waals surface area contributed by atoms with Crippen LogP contribution in [-0.2, 0) is 0 Å². The Kier molecular flexibility index (Phi) is 3.57. The van der Waals surface area contributed by atoms with E-state index in [0.29, 0.717) is 0 Å². The van der Waals surface area contributed by atoms with Crippen LogP contribution in [-0.4, -0.2) is 10.6 Å². The summed E-state index contributed by atoms with van der Waals surface area (Å²) in [5, 5.41) is 0.975. The molecule has 112 valence electrons. The van der Waals surface area contributed by atoms with E-state index in [2.05, 4.69) is 4.98 Å². The van der Waals surface area contributed by atoms with Gasteiger partial charge in [-0.1, -0.05) is 12.1 Å². The summed E-state index contributed by atoms with van der Waals surface area (Å²) in [5.74, 6) is 0.535. The summed E-state index contributed by atoms with van der Waals surface area (Å²) < 4.78 is 19.2. The number of fused-ring (bicyclic) bond motifs is 1. The molecule has 0 spiro atoms. The van der Waals surface area contributed by atoms with Crippen LogP contribution in [0.15, 0.2) is 54.6 Å². The molecule has 22 heavy (non-hydrogen) atoms. The van der Waals surface area contributed by atoms with Gasteiger partial charge in [0.15, 0.2) is 0 Å². The summed E-state index contributed by atoms with van der Waals surface area (Å²) in [5.41, 5.74) is 2.21. The van der Waals surface area contributed by atoms with E-state index in [-0.39, 0.29) is 11.4 Å². The standard InChI is InChI=1S/C19H18FNO/c1-19(2,3)22-18-12-17(13-8-10-14(20)11-9-13)21-16-7-5-4-6-15(16)18/h4-12H,1-3H3. The number of ether oxygens (including phenoxy) is 1. The highest BCUT2D eigenvalue weighted by atomic mass is 19.1. The molecule has 3 heteroatoms. The molecule has 0 unspecified atom stereocenters. The van der Waals surface area contributed by atoms with Crippen LogP contribution in [0, 0.1) is 5.82 Å². The molecule has 0 aliphatic heterocycles. The molecule has 0 atom stereocenters. The fourth-order valence-electron chi connectivity index (χ4n) is 2.33. The zero-order valence-electron chi connectivity index (χ0n) is 12.9. The minimum Gasteiger partial charge on any atom is -0.487 e. The normalized spacial score (nSPS) is 11.6. The molecule has 3 rings (SSSR count). The zero-order chi connectivity index (χ0) is 15.7. The fourth-order valence-corrected chi connectivity index (χ4v) is 2.33. The Morgan fingerprint density at radius 3 is 2.32 bits per heavy atom. The van der Waals surface area contributed by atoms with E-state index in [0.717, 1.165) is 27.9 Å². The molecule has 3 aromatic rings. The average molecular weight is 295 g/mol. The lowest BCUT2D eigenvalue weighted by molar-refractivity contribution is 0.133. The van der Waals surface area contributed by atoms with Crippen molar-refractivity contribution in [3.05, 3.63) is 60.4 Å². The molecule has 0 amide bonds. The molecule has 0 radical (unpaired) electrons. The van der Waals surface area contributed by atoms with E-state index < -0.39 is 0 Å². The second-order valence-corrected chi connectivity index (χ2v) is 6.24. The van der Waals surface area contributed by atoms with Crippen molar-refractivity contribution in [1.29, 1.82) is 0 Å². The van der Waals surface area contributed by atoms with E-state index in [1.165, 1.54) is 12.1 Å². The summed E-state index contributed by atoms with van der Waals surface area (Å²) in [7, 11) is 0. The van der Waals surface area contributed by atoms with Crippen molar-refractivity contribution in [2.75, 3.05) is 0 Å². The van der Waals surface area contributed by atoms with Crippen molar-refractivity contribution in [2.24, 2.45) is 0 Å². The Morgan fingerprint density at radius 1 is 0.955 bits per heavy atom. The third-order valence-electron chi connectivity index (χ3n) is 3.23. The van der Waals surface area contributed by atoms with Gasteiger partial charge in [-0.15, -0.1) is 0 Å². The van der Waals surface area contributed by atoms with Crippen LogP contribution >= 0.6 is 0 Å². The van der Waals surface area contributed by atoms with Gasteiger partial charge < -0.3 is 4.74 Å². The number of nitrogens with zero attached hydrogens (tertiary/aromatic N) is 1. The van der Waals surface area contributed by atoms with Gasteiger partial charge in [0.2, 0.25) is 0 Å². The van der Waals surface area contributed by atoms with Gasteiger partial charge in [-0.2, -0.15) is 0 Å². The first-order chi connectivity index (χ1) is 10.4. The van der Waals surface area contributed by atoms with Gasteiger partial charge in [-0.3, -0.25) is 0 Å². The first-order valence-corrected chi connectivity index (χ1v) is 7.27. The third kappa shape index (κ3) is 3.08. The SMILES string of the molecule is CC(C)(C)Oc1cc(-c2ccc(F)cc2)nc2ccccc12. The molecule has 0 N–H and O–H groups in total. The van der Waals surface area contributed by atoms with E-state index in [1.54, 1.807) is 12.1 Å². The van der Waals surface area contributed by atoms with E-state index in [9.17, 15) is 4.39 Å². The molecular weight excluding hydrogens is 277 g/mol. The monoisotopic (exact) mass is 295 g/mol. The van der Waals surface area contributed by atoms with E-state index >= 15 is 0 Å². The maximum atomic E-state index is 13.1. The molecule has 2 nitrogen and oxygen atoms in total. The van der Waals surface area contributed by atoms with Crippen molar-refractivity contribution < 1.29 is 9.13 Å². The van der Waals surface area contributed by atoms with Crippen LogP contribution in [0.2, 0.25) is 0 Å². The molecule has 0 aliphatic carbocycles. The minimum atomic E-state index is -0.301. The molecule has 0 fully saturated rings. The first kappa shape index (κ1) is 14.5. The van der Waals surface area contributed by atoms with Gasteiger partial charge >= 0.3 is 0 Å². The molecule has 2 aromatic carbocycles. The molecule has 1 aromatic heterocycles. The van der Waals surface area contributed by atoms with E-state index in [4.69, 9.17) is 4.74 Å². The van der Waals surface area contributed by atoms with Crippen LogP contribution in [0.3, 0.4) is 0 Å². The van der Waals surface area contributed by atoms with E-state index in [1.807, 2.05) is 51.1 Å². The lowest BCUT2D eigenvalue weighted by atomic mass is 10.1. The molecular formula is C19H18FNO. The number of rotatable bonds is 2. The Hall–Kier alpha value is -2.42. The predicted octanol–water partition coefficient (Wildman–Crippen LogP) is 5.22. The van der Waals surface area contributed by atoms with Gasteiger partial charge in [0.1, 0.15) is 17.2 Å². The molecule has 0 saturated carbocycles. The molecule has 0 bridgehead atoms. The van der Waals surface area contributed by atoms with Crippen LogP contribution in [0.4, 0.5) is 4.39 Å². The predicted molar refractivity (Wildman–Crippen MR) is 87.5 cm³/mol. The van der Waals surface area contributed by atoms with Gasteiger partial charge in [0, 0.05) is 17.0 Å². The van der Waals surface area contributed by atoms with Crippen LogP contribution in [0.25, 0.3) is 22.2 Å². The van der Waals surface area contributed by atoms with Gasteiger partial charge in [0.05, 0.1) is 11.2 Å². The fraction of sp³-hybridized carbons (Fsp3) is 0.211. The largest absolute Gasteiger partial charge is 0.487 e. The second kappa shape index (κ2) is 5.41. The highest BCUT2D eigenvalue weighted by Gasteiger charge is 2.16. The quantitative estimate of drug-likeness (QED) is 0.646. The number of benzene rings is 2. The lowest BCUT2D eigenvalue weighted by Crippen LogP contribution is -2.23. The highest BCUT2D eigenvalue weighted by molar-refractivity contribution is 5.87. The molecule has 0 aliphatic rings. The van der Waals surface area contributed by atoms with Gasteiger partial charge in [-0.25, -0.2) is 9.37 Å². The topological polar surface area (TPSA) is 22.1 Å². The Balaban J connectivity index is 2.18. The van der Waals surface area contributed by atoms with Crippen molar-refractivity contribution in [3.8, 4) is 17.0 Å². The van der Waals surface area contributed by atoms with Crippen LogP contribution < -0.4 is 4.74 Å².